The van der Waals surface area contributed by atoms with E-state index in [1.54, 1.807) is 0 Å². The molecule has 0 bridgehead atoms. The summed E-state index contributed by atoms with van der Waals surface area (Å²) in [6.45, 7) is 0.849. The van der Waals surface area contributed by atoms with Gasteiger partial charge < -0.3 is 0 Å². The average molecular weight is 592 g/mol. The summed E-state index contributed by atoms with van der Waals surface area (Å²) in [6, 6.07) is 40.7. The molecule has 0 radical (unpaired) electrons. The SMILES string of the molecule is C1=CC[n+]2c(-c3ccc(-c4ccc(-c5nc6c(nc7ccccn76)c6ccccc56)cc4)cc3)cc3c(nc4ccccn43)c2C1. The molecule has 3 aromatic carbocycles. The molecule has 1 aliphatic rings. The highest BCUT2D eigenvalue weighted by Crippen LogP contribution is 2.34. The molecule has 6 heteroatoms. The number of fused-ring (bicyclic) bond motifs is 10. The maximum Gasteiger partial charge on any atom is 0.215 e. The minimum Gasteiger partial charge on any atom is -0.299 e. The Morgan fingerprint density at radius 1 is 0.543 bits per heavy atom. The van der Waals surface area contributed by atoms with Crippen LogP contribution in [0, 0.1) is 0 Å². The normalized spacial score (nSPS) is 13.0. The average Bonchev–Trinajstić information content (AvgIpc) is 3.70. The summed E-state index contributed by atoms with van der Waals surface area (Å²) in [5, 5.41) is 2.22. The van der Waals surface area contributed by atoms with Gasteiger partial charge in [0.15, 0.2) is 17.7 Å². The summed E-state index contributed by atoms with van der Waals surface area (Å²) in [6.07, 6.45) is 9.52. The van der Waals surface area contributed by atoms with Gasteiger partial charge in [-0.15, -0.1) is 0 Å². The molecule has 216 valence electrons. The minimum absolute atomic E-state index is 0.849. The van der Waals surface area contributed by atoms with E-state index in [1.165, 1.54) is 28.1 Å². The topological polar surface area (TPSA) is 51.4 Å². The summed E-state index contributed by atoms with van der Waals surface area (Å²) < 4.78 is 6.68. The van der Waals surface area contributed by atoms with Gasteiger partial charge in [0.05, 0.1) is 17.6 Å². The number of hydrogen-bond acceptors (Lipinski definition) is 3. The predicted molar refractivity (Wildman–Crippen MR) is 184 cm³/mol. The fourth-order valence-electron chi connectivity index (χ4n) is 7.08. The number of aromatic nitrogens is 6. The Morgan fingerprint density at radius 3 is 1.96 bits per heavy atom. The monoisotopic (exact) mass is 591 g/mol. The summed E-state index contributed by atoms with van der Waals surface area (Å²) in [7, 11) is 0. The molecule has 0 saturated carbocycles. The van der Waals surface area contributed by atoms with Gasteiger partial charge in [0.25, 0.3) is 0 Å². The number of hydrogen-bond donors (Lipinski definition) is 0. The molecular formula is C40H27N6+. The Hall–Kier alpha value is -6.14. The molecular weight excluding hydrogens is 564 g/mol. The van der Waals surface area contributed by atoms with E-state index >= 15 is 0 Å². The summed E-state index contributed by atoms with van der Waals surface area (Å²) in [5.74, 6) is 0. The molecule has 10 rings (SSSR count). The van der Waals surface area contributed by atoms with Crippen molar-refractivity contribution in [1.82, 2.24) is 23.8 Å². The Morgan fingerprint density at radius 2 is 1.17 bits per heavy atom. The van der Waals surface area contributed by atoms with Crippen LogP contribution in [0.25, 0.3) is 77.9 Å². The molecule has 1 aliphatic heterocycles. The van der Waals surface area contributed by atoms with Gasteiger partial charge in [-0.1, -0.05) is 78.9 Å². The zero-order valence-corrected chi connectivity index (χ0v) is 24.9. The van der Waals surface area contributed by atoms with E-state index in [1.807, 2.05) is 30.5 Å². The second-order valence-corrected chi connectivity index (χ2v) is 11.9. The van der Waals surface area contributed by atoms with Crippen LogP contribution in [0.3, 0.4) is 0 Å². The first-order valence-electron chi connectivity index (χ1n) is 15.6. The van der Waals surface area contributed by atoms with E-state index < -0.39 is 0 Å². The van der Waals surface area contributed by atoms with Crippen molar-refractivity contribution in [3.05, 3.63) is 146 Å². The molecule has 9 aromatic rings. The minimum atomic E-state index is 0.849. The van der Waals surface area contributed by atoms with E-state index in [-0.39, 0.29) is 0 Å². The van der Waals surface area contributed by atoms with Crippen LogP contribution in [0.1, 0.15) is 5.69 Å². The molecule has 0 atom stereocenters. The highest BCUT2D eigenvalue weighted by atomic mass is 15.1. The van der Waals surface area contributed by atoms with Crippen molar-refractivity contribution in [1.29, 1.82) is 0 Å². The summed E-state index contributed by atoms with van der Waals surface area (Å²) >= 11 is 0. The summed E-state index contributed by atoms with van der Waals surface area (Å²) in [4.78, 5) is 15.1. The van der Waals surface area contributed by atoms with Crippen molar-refractivity contribution in [2.24, 2.45) is 0 Å². The molecule has 0 amide bonds. The van der Waals surface area contributed by atoms with Crippen LogP contribution in [0.5, 0.6) is 0 Å². The molecule has 0 fully saturated rings. The maximum atomic E-state index is 5.17. The number of allylic oxidation sites excluding steroid dienone is 2. The molecule has 6 aromatic heterocycles. The van der Waals surface area contributed by atoms with E-state index in [9.17, 15) is 0 Å². The predicted octanol–water partition coefficient (Wildman–Crippen LogP) is 8.24. The quantitative estimate of drug-likeness (QED) is 0.154. The van der Waals surface area contributed by atoms with Crippen molar-refractivity contribution in [2.75, 3.05) is 0 Å². The number of pyridine rings is 4. The van der Waals surface area contributed by atoms with Gasteiger partial charge in [0.1, 0.15) is 16.8 Å². The van der Waals surface area contributed by atoms with Gasteiger partial charge in [-0.25, -0.2) is 15.0 Å². The third-order valence-electron chi connectivity index (χ3n) is 9.33. The molecule has 7 heterocycles. The van der Waals surface area contributed by atoms with Crippen LogP contribution in [0.4, 0.5) is 0 Å². The highest BCUT2D eigenvalue weighted by Gasteiger charge is 2.26. The van der Waals surface area contributed by atoms with Crippen LogP contribution < -0.4 is 4.57 Å². The van der Waals surface area contributed by atoms with Crippen LogP contribution in [0.2, 0.25) is 0 Å². The van der Waals surface area contributed by atoms with Gasteiger partial charge in [0, 0.05) is 40.4 Å². The van der Waals surface area contributed by atoms with Gasteiger partial charge in [-0.05, 0) is 53.6 Å². The van der Waals surface area contributed by atoms with Crippen LogP contribution >= 0.6 is 0 Å². The van der Waals surface area contributed by atoms with Gasteiger partial charge >= 0.3 is 0 Å². The van der Waals surface area contributed by atoms with E-state index in [4.69, 9.17) is 15.0 Å². The lowest BCUT2D eigenvalue weighted by Crippen LogP contribution is -2.42. The Labute approximate surface area is 264 Å². The Kier molecular flexibility index (Phi) is 5.31. The summed E-state index contributed by atoms with van der Waals surface area (Å²) in [5.41, 5.74) is 14.0. The zero-order valence-electron chi connectivity index (χ0n) is 24.9. The maximum absolute atomic E-state index is 5.17. The lowest BCUT2D eigenvalue weighted by Gasteiger charge is -2.12. The molecule has 0 N–H and O–H groups in total. The van der Waals surface area contributed by atoms with Crippen molar-refractivity contribution >= 4 is 44.3 Å². The highest BCUT2D eigenvalue weighted by molar-refractivity contribution is 6.09. The zero-order chi connectivity index (χ0) is 30.2. The number of nitrogens with zero attached hydrogens (tertiary/aromatic N) is 6. The standard InChI is InChI=1S/C40H27N6/c1-2-10-31-30(9-1)37(43-40-38(31)41-36-13-5-8-24-46(36)40)29-20-16-27(17-21-29)26-14-18-28(19-15-26)33-25-34-39(32-11-3-6-22-44(32)33)42-35-12-4-7-23-45(34)35/h1-10,12-21,23-25H,11,22H2/q+1. The fourth-order valence-corrected chi connectivity index (χ4v) is 7.08. The molecule has 0 aliphatic carbocycles. The van der Waals surface area contributed by atoms with Crippen molar-refractivity contribution in [3.63, 3.8) is 0 Å². The van der Waals surface area contributed by atoms with E-state index in [2.05, 4.69) is 123 Å². The Balaban J connectivity index is 1.04. The molecule has 6 nitrogen and oxygen atoms in total. The smallest absolute Gasteiger partial charge is 0.215 e. The first-order chi connectivity index (χ1) is 22.8. The van der Waals surface area contributed by atoms with E-state index in [0.717, 1.165) is 68.5 Å². The second-order valence-electron chi connectivity index (χ2n) is 11.9. The first-order valence-corrected chi connectivity index (χ1v) is 15.6. The molecule has 0 saturated heterocycles. The van der Waals surface area contributed by atoms with Crippen molar-refractivity contribution in [2.45, 2.75) is 13.0 Å². The van der Waals surface area contributed by atoms with Gasteiger partial charge in [-0.2, -0.15) is 4.57 Å². The number of rotatable bonds is 3. The number of benzene rings is 3. The lowest BCUT2D eigenvalue weighted by atomic mass is 9.98. The fraction of sp³-hybridized carbons (Fsp3) is 0.0500. The van der Waals surface area contributed by atoms with E-state index in [0.29, 0.717) is 0 Å². The first kappa shape index (κ1) is 25.2. The van der Waals surface area contributed by atoms with Gasteiger partial charge in [-0.3, -0.25) is 8.80 Å². The largest absolute Gasteiger partial charge is 0.299 e. The van der Waals surface area contributed by atoms with Crippen molar-refractivity contribution in [3.8, 4) is 33.6 Å². The van der Waals surface area contributed by atoms with Gasteiger partial charge in [0.2, 0.25) is 11.4 Å². The third kappa shape index (κ3) is 3.70. The molecule has 46 heavy (non-hydrogen) atoms. The Bertz CT molecular complexity index is 2680. The van der Waals surface area contributed by atoms with Crippen LogP contribution in [-0.4, -0.2) is 23.8 Å². The van der Waals surface area contributed by atoms with Crippen molar-refractivity contribution < 1.29 is 4.57 Å². The number of imidazole rings is 2. The second kappa shape index (κ2) is 9.68. The molecule has 0 unspecified atom stereocenters. The lowest BCUT2D eigenvalue weighted by molar-refractivity contribution is -0.683. The molecule has 0 spiro atoms. The van der Waals surface area contributed by atoms with Crippen LogP contribution in [0.15, 0.2) is 140 Å². The third-order valence-corrected chi connectivity index (χ3v) is 9.33. The van der Waals surface area contributed by atoms with Crippen LogP contribution in [-0.2, 0) is 13.0 Å².